The summed E-state index contributed by atoms with van der Waals surface area (Å²) < 4.78 is 4.82. The molecular weight excluding hydrogens is 220 g/mol. The van der Waals surface area contributed by atoms with Gasteiger partial charge in [0.25, 0.3) is 0 Å². The van der Waals surface area contributed by atoms with Crippen LogP contribution in [0, 0.1) is 11.8 Å². The third-order valence-electron chi connectivity index (χ3n) is 3.09. The molecular formula is C13H24O4. The van der Waals surface area contributed by atoms with Gasteiger partial charge in [0, 0.05) is 6.42 Å². The van der Waals surface area contributed by atoms with Gasteiger partial charge in [-0.05, 0) is 25.7 Å². The number of carboxylic acid groups (broad SMARTS) is 1. The second-order valence-corrected chi connectivity index (χ2v) is 4.51. The SMILES string of the molecule is CCOC(=O)CCCCC[C@@H](C)[C@@H](C)C(=O)O. The maximum absolute atomic E-state index is 11.0. The zero-order valence-electron chi connectivity index (χ0n) is 11.1. The van der Waals surface area contributed by atoms with E-state index in [1.165, 1.54) is 0 Å². The molecule has 0 aromatic heterocycles. The monoisotopic (exact) mass is 244 g/mol. The molecule has 0 amide bonds. The minimum Gasteiger partial charge on any atom is -0.481 e. The minimum atomic E-state index is -0.732. The molecule has 0 aliphatic rings. The van der Waals surface area contributed by atoms with Crippen LogP contribution in [0.2, 0.25) is 0 Å². The Bertz CT molecular complexity index is 238. The van der Waals surface area contributed by atoms with Gasteiger partial charge in [0.1, 0.15) is 0 Å². The highest BCUT2D eigenvalue weighted by Gasteiger charge is 2.18. The Hall–Kier alpha value is -1.06. The lowest BCUT2D eigenvalue weighted by atomic mass is 9.91. The summed E-state index contributed by atoms with van der Waals surface area (Å²) in [6.07, 6.45) is 4.12. The molecule has 0 aliphatic heterocycles. The van der Waals surface area contributed by atoms with Gasteiger partial charge in [0.05, 0.1) is 12.5 Å². The van der Waals surface area contributed by atoms with Crippen molar-refractivity contribution in [2.45, 2.75) is 52.9 Å². The third-order valence-corrected chi connectivity index (χ3v) is 3.09. The number of ether oxygens (including phenoxy) is 1. The second kappa shape index (κ2) is 9.02. The van der Waals surface area contributed by atoms with Gasteiger partial charge >= 0.3 is 11.9 Å². The molecule has 0 aliphatic carbocycles. The number of carbonyl (C=O) groups excluding carboxylic acids is 1. The number of carbonyl (C=O) groups is 2. The maximum atomic E-state index is 11.0. The number of hydrogen-bond donors (Lipinski definition) is 1. The summed E-state index contributed by atoms with van der Waals surface area (Å²) in [6.45, 7) is 5.94. The Morgan fingerprint density at radius 1 is 1.18 bits per heavy atom. The van der Waals surface area contributed by atoms with Crippen molar-refractivity contribution in [3.05, 3.63) is 0 Å². The Labute approximate surface area is 103 Å². The smallest absolute Gasteiger partial charge is 0.306 e. The predicted molar refractivity (Wildman–Crippen MR) is 65.7 cm³/mol. The van der Waals surface area contributed by atoms with E-state index in [4.69, 9.17) is 9.84 Å². The first-order chi connectivity index (χ1) is 7.99. The normalized spacial score (nSPS) is 14.1. The zero-order valence-corrected chi connectivity index (χ0v) is 11.1. The Morgan fingerprint density at radius 2 is 1.82 bits per heavy atom. The van der Waals surface area contributed by atoms with Crippen molar-refractivity contribution in [3.8, 4) is 0 Å². The van der Waals surface area contributed by atoms with Crippen LogP contribution >= 0.6 is 0 Å². The van der Waals surface area contributed by atoms with E-state index in [1.54, 1.807) is 13.8 Å². The van der Waals surface area contributed by atoms with Gasteiger partial charge < -0.3 is 9.84 Å². The molecule has 4 heteroatoms. The first kappa shape index (κ1) is 15.9. The molecule has 2 atom stereocenters. The number of aliphatic carboxylic acids is 1. The van der Waals surface area contributed by atoms with Crippen molar-refractivity contribution in [1.82, 2.24) is 0 Å². The molecule has 0 saturated heterocycles. The standard InChI is InChI=1S/C13H24O4/c1-4-17-12(14)9-7-5-6-8-10(2)11(3)13(15)16/h10-11H,4-9H2,1-3H3,(H,15,16)/t10-,11-/m1/s1. The molecule has 0 heterocycles. The topological polar surface area (TPSA) is 63.6 Å². The first-order valence-electron chi connectivity index (χ1n) is 6.37. The number of unbranched alkanes of at least 4 members (excludes halogenated alkanes) is 2. The molecule has 0 aromatic carbocycles. The van der Waals surface area contributed by atoms with E-state index in [0.29, 0.717) is 13.0 Å². The molecule has 0 aromatic rings. The van der Waals surface area contributed by atoms with Gasteiger partial charge in [-0.2, -0.15) is 0 Å². The summed E-state index contributed by atoms with van der Waals surface area (Å²) in [7, 11) is 0. The summed E-state index contributed by atoms with van der Waals surface area (Å²) in [5, 5.41) is 8.83. The van der Waals surface area contributed by atoms with Gasteiger partial charge in [-0.25, -0.2) is 0 Å². The van der Waals surface area contributed by atoms with Gasteiger partial charge in [0.2, 0.25) is 0 Å². The molecule has 0 radical (unpaired) electrons. The molecule has 4 nitrogen and oxygen atoms in total. The van der Waals surface area contributed by atoms with E-state index in [1.807, 2.05) is 6.92 Å². The number of hydrogen-bond acceptors (Lipinski definition) is 3. The van der Waals surface area contributed by atoms with Gasteiger partial charge in [-0.15, -0.1) is 0 Å². The van der Waals surface area contributed by atoms with Crippen LogP contribution in [0.4, 0.5) is 0 Å². The second-order valence-electron chi connectivity index (χ2n) is 4.51. The highest BCUT2D eigenvalue weighted by Crippen LogP contribution is 2.19. The molecule has 0 rings (SSSR count). The molecule has 1 N–H and O–H groups in total. The molecule has 100 valence electrons. The summed E-state index contributed by atoms with van der Waals surface area (Å²) in [6, 6.07) is 0. The lowest BCUT2D eigenvalue weighted by Gasteiger charge is -2.15. The Morgan fingerprint density at radius 3 is 2.35 bits per heavy atom. The van der Waals surface area contributed by atoms with Crippen molar-refractivity contribution in [2.24, 2.45) is 11.8 Å². The summed E-state index contributed by atoms with van der Waals surface area (Å²) in [5.41, 5.74) is 0. The summed E-state index contributed by atoms with van der Waals surface area (Å²) in [4.78, 5) is 21.8. The van der Waals surface area contributed by atoms with Crippen LogP contribution in [-0.2, 0) is 14.3 Å². The number of rotatable bonds is 9. The zero-order chi connectivity index (χ0) is 13.3. The van der Waals surface area contributed by atoms with E-state index in [0.717, 1.165) is 25.7 Å². The van der Waals surface area contributed by atoms with Crippen LogP contribution in [0.25, 0.3) is 0 Å². The average molecular weight is 244 g/mol. The molecule has 17 heavy (non-hydrogen) atoms. The fourth-order valence-corrected chi connectivity index (χ4v) is 1.64. The van der Waals surface area contributed by atoms with Crippen molar-refractivity contribution >= 4 is 11.9 Å². The van der Waals surface area contributed by atoms with Crippen LogP contribution in [0.1, 0.15) is 52.9 Å². The van der Waals surface area contributed by atoms with E-state index in [9.17, 15) is 9.59 Å². The minimum absolute atomic E-state index is 0.139. The van der Waals surface area contributed by atoms with E-state index in [-0.39, 0.29) is 17.8 Å². The third kappa shape index (κ3) is 7.77. The lowest BCUT2D eigenvalue weighted by molar-refractivity contribution is -0.143. The lowest BCUT2D eigenvalue weighted by Crippen LogP contribution is -2.18. The van der Waals surface area contributed by atoms with E-state index < -0.39 is 5.97 Å². The highest BCUT2D eigenvalue weighted by molar-refractivity contribution is 5.69. The van der Waals surface area contributed by atoms with Crippen LogP contribution in [0.5, 0.6) is 0 Å². The van der Waals surface area contributed by atoms with Crippen molar-refractivity contribution in [3.63, 3.8) is 0 Å². The molecule has 0 spiro atoms. The van der Waals surface area contributed by atoms with Crippen molar-refractivity contribution < 1.29 is 19.4 Å². The molecule has 0 bridgehead atoms. The quantitative estimate of drug-likeness (QED) is 0.500. The van der Waals surface area contributed by atoms with E-state index >= 15 is 0 Å². The first-order valence-corrected chi connectivity index (χ1v) is 6.37. The maximum Gasteiger partial charge on any atom is 0.306 e. The Balaban J connectivity index is 3.51. The molecule has 0 unspecified atom stereocenters. The molecule has 0 saturated carbocycles. The fourth-order valence-electron chi connectivity index (χ4n) is 1.64. The fraction of sp³-hybridized carbons (Fsp3) is 0.846. The van der Waals surface area contributed by atoms with Crippen LogP contribution < -0.4 is 0 Å². The average Bonchev–Trinajstić information content (AvgIpc) is 2.27. The largest absolute Gasteiger partial charge is 0.481 e. The summed E-state index contributed by atoms with van der Waals surface area (Å²) >= 11 is 0. The van der Waals surface area contributed by atoms with Crippen LogP contribution in [0.15, 0.2) is 0 Å². The van der Waals surface area contributed by atoms with Gasteiger partial charge in [-0.3, -0.25) is 9.59 Å². The Kier molecular flexibility index (Phi) is 8.46. The summed E-state index contributed by atoms with van der Waals surface area (Å²) in [5.74, 6) is -0.973. The van der Waals surface area contributed by atoms with Crippen molar-refractivity contribution in [1.29, 1.82) is 0 Å². The predicted octanol–water partition coefficient (Wildman–Crippen LogP) is 2.86. The number of carboxylic acids is 1. The van der Waals surface area contributed by atoms with Crippen LogP contribution in [-0.4, -0.2) is 23.7 Å². The van der Waals surface area contributed by atoms with Crippen molar-refractivity contribution in [2.75, 3.05) is 6.61 Å². The van der Waals surface area contributed by atoms with Crippen LogP contribution in [0.3, 0.4) is 0 Å². The van der Waals surface area contributed by atoms with Gasteiger partial charge in [0.15, 0.2) is 0 Å². The van der Waals surface area contributed by atoms with Gasteiger partial charge in [-0.1, -0.05) is 26.7 Å². The number of esters is 1. The molecule has 0 fully saturated rings. The highest BCUT2D eigenvalue weighted by atomic mass is 16.5. The van der Waals surface area contributed by atoms with E-state index in [2.05, 4.69) is 0 Å².